The van der Waals surface area contributed by atoms with Crippen molar-refractivity contribution in [2.75, 3.05) is 6.61 Å². The van der Waals surface area contributed by atoms with Crippen LogP contribution in [0.1, 0.15) is 0 Å². The van der Waals surface area contributed by atoms with Crippen LogP contribution in [0.2, 0.25) is 0 Å². The Bertz CT molecular complexity index is 327. The summed E-state index contributed by atoms with van der Waals surface area (Å²) >= 11 is 0. The lowest BCUT2D eigenvalue weighted by atomic mass is 10.4. The summed E-state index contributed by atoms with van der Waals surface area (Å²) < 4.78 is 39.3. The van der Waals surface area contributed by atoms with Crippen LogP contribution < -0.4 is 4.74 Å². The molecule has 0 amide bonds. The van der Waals surface area contributed by atoms with E-state index < -0.39 is 12.8 Å². The van der Waals surface area contributed by atoms with Gasteiger partial charge in [-0.3, -0.25) is 0 Å². The topological polar surface area (TPSA) is 51.5 Å². The molecule has 0 unspecified atom stereocenters. The third-order valence-electron chi connectivity index (χ3n) is 1.21. The van der Waals surface area contributed by atoms with Crippen molar-refractivity contribution >= 4 is 5.69 Å². The highest BCUT2D eigenvalue weighted by atomic mass is 19.4. The molecule has 0 aliphatic carbocycles. The van der Waals surface area contributed by atoms with Crippen LogP contribution in [0.15, 0.2) is 23.5 Å². The molecule has 4 nitrogen and oxygen atoms in total. The van der Waals surface area contributed by atoms with E-state index in [1.54, 1.807) is 0 Å². The molecule has 76 valence electrons. The SMILES string of the molecule is O=Nc1ccnc(OCC(F)(F)F)c1. The van der Waals surface area contributed by atoms with Gasteiger partial charge in [0.1, 0.15) is 5.69 Å². The van der Waals surface area contributed by atoms with Crippen LogP contribution in [0.25, 0.3) is 0 Å². The molecule has 1 heterocycles. The lowest BCUT2D eigenvalue weighted by molar-refractivity contribution is -0.154. The lowest BCUT2D eigenvalue weighted by Gasteiger charge is -2.07. The average molecular weight is 206 g/mol. The van der Waals surface area contributed by atoms with Crippen molar-refractivity contribution < 1.29 is 17.9 Å². The van der Waals surface area contributed by atoms with Crippen LogP contribution >= 0.6 is 0 Å². The molecule has 0 fully saturated rings. The third-order valence-corrected chi connectivity index (χ3v) is 1.21. The van der Waals surface area contributed by atoms with Crippen molar-refractivity contribution in [3.8, 4) is 5.88 Å². The normalized spacial score (nSPS) is 11.1. The Hall–Kier alpha value is -1.66. The fourth-order valence-corrected chi connectivity index (χ4v) is 0.690. The van der Waals surface area contributed by atoms with E-state index in [1.807, 2.05) is 0 Å². The molecule has 0 aliphatic rings. The predicted molar refractivity (Wildman–Crippen MR) is 41.2 cm³/mol. The van der Waals surface area contributed by atoms with Gasteiger partial charge in [-0.25, -0.2) is 4.98 Å². The zero-order chi connectivity index (χ0) is 10.6. The monoisotopic (exact) mass is 206 g/mol. The predicted octanol–water partition coefficient (Wildman–Crippen LogP) is 2.42. The van der Waals surface area contributed by atoms with Gasteiger partial charge < -0.3 is 4.74 Å². The van der Waals surface area contributed by atoms with Crippen LogP contribution in [0.3, 0.4) is 0 Å². The number of hydrogen-bond donors (Lipinski definition) is 0. The first kappa shape index (κ1) is 10.4. The van der Waals surface area contributed by atoms with Crippen molar-refractivity contribution in [3.05, 3.63) is 23.2 Å². The number of rotatable bonds is 3. The van der Waals surface area contributed by atoms with E-state index in [0.717, 1.165) is 12.3 Å². The molecule has 1 aromatic rings. The van der Waals surface area contributed by atoms with Crippen LogP contribution in [0, 0.1) is 4.91 Å². The summed E-state index contributed by atoms with van der Waals surface area (Å²) in [7, 11) is 0. The largest absolute Gasteiger partial charge is 0.468 e. The molecule has 0 saturated carbocycles. The highest BCUT2D eigenvalue weighted by Gasteiger charge is 2.28. The van der Waals surface area contributed by atoms with E-state index in [1.165, 1.54) is 6.07 Å². The van der Waals surface area contributed by atoms with E-state index in [-0.39, 0.29) is 11.6 Å². The Balaban J connectivity index is 2.63. The maximum absolute atomic E-state index is 11.7. The Morgan fingerprint density at radius 3 is 2.79 bits per heavy atom. The van der Waals surface area contributed by atoms with Crippen molar-refractivity contribution in [2.24, 2.45) is 5.18 Å². The van der Waals surface area contributed by atoms with Crippen molar-refractivity contribution in [1.82, 2.24) is 4.98 Å². The van der Waals surface area contributed by atoms with Gasteiger partial charge in [0.05, 0.1) is 0 Å². The van der Waals surface area contributed by atoms with Crippen LogP contribution in [-0.2, 0) is 0 Å². The maximum atomic E-state index is 11.7. The third kappa shape index (κ3) is 3.38. The molecule has 0 atom stereocenters. The van der Waals surface area contributed by atoms with Crippen LogP contribution in [0.5, 0.6) is 5.88 Å². The number of aromatic nitrogens is 1. The zero-order valence-electron chi connectivity index (χ0n) is 6.78. The summed E-state index contributed by atoms with van der Waals surface area (Å²) in [6.07, 6.45) is -3.28. The van der Waals surface area contributed by atoms with Gasteiger partial charge in [0.25, 0.3) is 0 Å². The Morgan fingerprint density at radius 1 is 1.50 bits per heavy atom. The molecular weight excluding hydrogens is 201 g/mol. The Kier molecular flexibility index (Phi) is 3.00. The first-order chi connectivity index (χ1) is 6.51. The van der Waals surface area contributed by atoms with Crippen LogP contribution in [0.4, 0.5) is 18.9 Å². The second kappa shape index (κ2) is 4.03. The van der Waals surface area contributed by atoms with Gasteiger partial charge in [-0.1, -0.05) is 0 Å². The van der Waals surface area contributed by atoms with E-state index in [9.17, 15) is 18.1 Å². The van der Waals surface area contributed by atoms with Gasteiger partial charge in [-0.15, -0.1) is 4.91 Å². The number of hydrogen-bond acceptors (Lipinski definition) is 4. The van der Waals surface area contributed by atoms with Gasteiger partial charge in [0.2, 0.25) is 5.88 Å². The Labute approximate surface area is 76.7 Å². The first-order valence-electron chi connectivity index (χ1n) is 3.50. The number of ether oxygens (including phenoxy) is 1. The van der Waals surface area contributed by atoms with E-state index in [0.29, 0.717) is 0 Å². The van der Waals surface area contributed by atoms with Crippen molar-refractivity contribution in [3.63, 3.8) is 0 Å². The maximum Gasteiger partial charge on any atom is 0.422 e. The second-order valence-electron chi connectivity index (χ2n) is 2.35. The van der Waals surface area contributed by atoms with Gasteiger partial charge in [-0.2, -0.15) is 13.2 Å². The number of pyridine rings is 1. The first-order valence-corrected chi connectivity index (χ1v) is 3.50. The molecule has 1 aromatic heterocycles. The number of alkyl halides is 3. The summed E-state index contributed by atoms with van der Waals surface area (Å²) in [4.78, 5) is 13.5. The molecule has 0 N–H and O–H groups in total. The summed E-state index contributed by atoms with van der Waals surface area (Å²) in [5, 5.41) is 2.52. The molecule has 0 radical (unpaired) electrons. The highest BCUT2D eigenvalue weighted by Crippen LogP contribution is 2.20. The number of nitroso groups, excluding NO2 is 1. The molecule has 14 heavy (non-hydrogen) atoms. The smallest absolute Gasteiger partial charge is 0.422 e. The van der Waals surface area contributed by atoms with Crippen LogP contribution in [-0.4, -0.2) is 17.8 Å². The molecule has 1 rings (SSSR count). The minimum Gasteiger partial charge on any atom is -0.468 e. The lowest BCUT2D eigenvalue weighted by Crippen LogP contribution is -2.19. The highest BCUT2D eigenvalue weighted by molar-refractivity contribution is 5.38. The minimum absolute atomic E-state index is 0.0304. The summed E-state index contributed by atoms with van der Waals surface area (Å²) in [6, 6.07) is 2.28. The van der Waals surface area contributed by atoms with E-state index in [4.69, 9.17) is 0 Å². The van der Waals surface area contributed by atoms with E-state index in [2.05, 4.69) is 14.9 Å². The number of halogens is 3. The summed E-state index contributed by atoms with van der Waals surface area (Å²) in [6.45, 7) is -1.44. The van der Waals surface area contributed by atoms with E-state index >= 15 is 0 Å². The van der Waals surface area contributed by atoms with Gasteiger partial charge in [-0.05, 0) is 11.2 Å². The molecule has 0 aromatic carbocycles. The molecular formula is C7H5F3N2O2. The fourth-order valence-electron chi connectivity index (χ4n) is 0.690. The van der Waals surface area contributed by atoms with Crippen molar-refractivity contribution in [2.45, 2.75) is 6.18 Å². The molecule has 0 aliphatic heterocycles. The molecule has 0 bridgehead atoms. The second-order valence-corrected chi connectivity index (χ2v) is 2.35. The van der Waals surface area contributed by atoms with Gasteiger partial charge in [0, 0.05) is 12.3 Å². The quantitative estimate of drug-likeness (QED) is 0.713. The van der Waals surface area contributed by atoms with Crippen molar-refractivity contribution in [1.29, 1.82) is 0 Å². The Morgan fingerprint density at radius 2 is 2.21 bits per heavy atom. The summed E-state index contributed by atoms with van der Waals surface area (Å²) in [5.41, 5.74) is -0.0304. The molecule has 7 heteroatoms. The minimum atomic E-state index is -4.42. The summed E-state index contributed by atoms with van der Waals surface area (Å²) in [5.74, 6) is -0.278. The molecule has 0 spiro atoms. The standard InChI is InChI=1S/C7H5F3N2O2/c8-7(9,10)4-14-6-3-5(12-13)1-2-11-6/h1-3H,4H2. The molecule has 0 saturated heterocycles. The fraction of sp³-hybridized carbons (Fsp3) is 0.286. The number of nitrogens with zero attached hydrogens (tertiary/aromatic N) is 2. The van der Waals surface area contributed by atoms with Gasteiger partial charge in [0.15, 0.2) is 6.61 Å². The van der Waals surface area contributed by atoms with Gasteiger partial charge >= 0.3 is 6.18 Å². The average Bonchev–Trinajstić information content (AvgIpc) is 2.14. The zero-order valence-corrected chi connectivity index (χ0v) is 6.78.